The van der Waals surface area contributed by atoms with E-state index in [0.29, 0.717) is 11.3 Å². The number of rotatable bonds is 6. The van der Waals surface area contributed by atoms with Crippen molar-refractivity contribution in [2.75, 3.05) is 12.4 Å². The zero-order chi connectivity index (χ0) is 19.8. The van der Waals surface area contributed by atoms with Crippen LogP contribution in [-0.4, -0.2) is 24.9 Å². The van der Waals surface area contributed by atoms with Crippen LogP contribution in [0.25, 0.3) is 0 Å². The van der Waals surface area contributed by atoms with E-state index in [1.165, 1.54) is 7.11 Å². The summed E-state index contributed by atoms with van der Waals surface area (Å²) in [5.74, 6) is -2.12. The molecule has 1 unspecified atom stereocenters. The smallest absolute Gasteiger partial charge is 0.313 e. The zero-order valence-corrected chi connectivity index (χ0v) is 16.7. The maximum atomic E-state index is 12.4. The van der Waals surface area contributed by atoms with Gasteiger partial charge in [0.15, 0.2) is 0 Å². The van der Waals surface area contributed by atoms with Gasteiger partial charge in [-0.15, -0.1) is 0 Å². The van der Waals surface area contributed by atoms with Crippen molar-refractivity contribution >= 4 is 39.4 Å². The van der Waals surface area contributed by atoms with Crippen LogP contribution in [0.4, 0.5) is 5.69 Å². The number of amides is 2. The topological polar surface area (TPSA) is 84.5 Å². The fraction of sp³-hybridized carbons (Fsp3) is 0.250. The Hall–Kier alpha value is -2.67. The molecule has 0 aromatic heterocycles. The second-order valence-corrected chi connectivity index (χ2v) is 6.79. The van der Waals surface area contributed by atoms with Crippen molar-refractivity contribution in [2.45, 2.75) is 25.8 Å². The van der Waals surface area contributed by atoms with Gasteiger partial charge in [-0.05, 0) is 41.8 Å². The summed E-state index contributed by atoms with van der Waals surface area (Å²) in [5.41, 5.74) is 2.27. The number of hydrogen-bond donors (Lipinski definition) is 2. The maximum absolute atomic E-state index is 12.4. The number of esters is 1. The third kappa shape index (κ3) is 6.21. The first-order chi connectivity index (χ1) is 12.9. The van der Waals surface area contributed by atoms with Gasteiger partial charge in [-0.25, -0.2) is 0 Å². The first-order valence-electron chi connectivity index (χ1n) is 8.46. The van der Waals surface area contributed by atoms with Gasteiger partial charge in [0.1, 0.15) is 0 Å². The van der Waals surface area contributed by atoms with Gasteiger partial charge in [-0.3, -0.25) is 14.4 Å². The monoisotopic (exact) mass is 432 g/mol. The number of nitrogens with one attached hydrogen (secondary N) is 2. The summed E-state index contributed by atoms with van der Waals surface area (Å²) in [6.45, 7) is 2.00. The standard InChI is InChI=1S/C20H21BrN2O4/c1-3-13-6-4-9-16(10-13)22-19(25)20(26)23-17(12-18(24)27-2)14-7-5-8-15(21)11-14/h4-11,17H,3,12H2,1-2H3,(H,22,25)(H,23,26). The fourth-order valence-corrected chi connectivity index (χ4v) is 2.92. The minimum absolute atomic E-state index is 0.0860. The van der Waals surface area contributed by atoms with E-state index in [-0.39, 0.29) is 6.42 Å². The summed E-state index contributed by atoms with van der Waals surface area (Å²) in [4.78, 5) is 36.3. The lowest BCUT2D eigenvalue weighted by Gasteiger charge is -2.18. The number of carbonyl (C=O) groups excluding carboxylic acids is 3. The Morgan fingerprint density at radius 3 is 2.48 bits per heavy atom. The highest BCUT2D eigenvalue weighted by molar-refractivity contribution is 9.10. The Balaban J connectivity index is 2.11. The van der Waals surface area contributed by atoms with E-state index in [0.717, 1.165) is 16.5 Å². The van der Waals surface area contributed by atoms with Crippen molar-refractivity contribution in [3.05, 3.63) is 64.1 Å². The molecule has 2 aromatic carbocycles. The van der Waals surface area contributed by atoms with Crippen molar-refractivity contribution < 1.29 is 19.1 Å². The zero-order valence-electron chi connectivity index (χ0n) is 15.1. The summed E-state index contributed by atoms with van der Waals surface area (Å²) in [7, 11) is 1.27. The fourth-order valence-electron chi connectivity index (χ4n) is 2.51. The molecule has 2 N–H and O–H groups in total. The molecular weight excluding hydrogens is 412 g/mol. The van der Waals surface area contributed by atoms with Crippen LogP contribution in [0.3, 0.4) is 0 Å². The molecule has 27 heavy (non-hydrogen) atoms. The Morgan fingerprint density at radius 1 is 1.07 bits per heavy atom. The summed E-state index contributed by atoms with van der Waals surface area (Å²) >= 11 is 3.36. The van der Waals surface area contributed by atoms with Crippen LogP contribution >= 0.6 is 15.9 Å². The Morgan fingerprint density at radius 2 is 1.81 bits per heavy atom. The number of anilines is 1. The minimum Gasteiger partial charge on any atom is -0.469 e. The summed E-state index contributed by atoms with van der Waals surface area (Å²) < 4.78 is 5.49. The van der Waals surface area contributed by atoms with Gasteiger partial charge in [0.05, 0.1) is 19.6 Å². The molecule has 0 aliphatic rings. The maximum Gasteiger partial charge on any atom is 0.313 e. The third-order valence-electron chi connectivity index (χ3n) is 3.95. The van der Waals surface area contributed by atoms with Crippen LogP contribution in [0.15, 0.2) is 53.0 Å². The molecule has 0 fully saturated rings. The van der Waals surface area contributed by atoms with Crippen LogP contribution in [0.2, 0.25) is 0 Å². The SMILES string of the molecule is CCc1cccc(NC(=O)C(=O)NC(CC(=O)OC)c2cccc(Br)c2)c1. The van der Waals surface area contributed by atoms with E-state index in [2.05, 4.69) is 26.6 Å². The Labute approximate surface area is 166 Å². The van der Waals surface area contributed by atoms with Gasteiger partial charge in [0.25, 0.3) is 0 Å². The second-order valence-electron chi connectivity index (χ2n) is 5.87. The summed E-state index contributed by atoms with van der Waals surface area (Å²) in [6.07, 6.45) is 0.733. The molecule has 1 atom stereocenters. The second kappa shape index (κ2) is 9.87. The van der Waals surface area contributed by atoms with E-state index >= 15 is 0 Å². The molecule has 0 saturated carbocycles. The molecule has 2 aromatic rings. The van der Waals surface area contributed by atoms with Crippen LogP contribution in [0, 0.1) is 0 Å². The van der Waals surface area contributed by atoms with Gasteiger partial charge < -0.3 is 15.4 Å². The predicted molar refractivity (Wildman–Crippen MR) is 106 cm³/mol. The number of ether oxygens (including phenoxy) is 1. The summed E-state index contributed by atoms with van der Waals surface area (Å²) in [6, 6.07) is 13.7. The third-order valence-corrected chi connectivity index (χ3v) is 4.45. The molecule has 0 aliphatic heterocycles. The Kier molecular flexibility index (Phi) is 7.55. The number of hydrogen-bond acceptors (Lipinski definition) is 4. The van der Waals surface area contributed by atoms with Crippen LogP contribution in [0.5, 0.6) is 0 Å². The average Bonchev–Trinajstić information content (AvgIpc) is 2.67. The van der Waals surface area contributed by atoms with Crippen molar-refractivity contribution in [2.24, 2.45) is 0 Å². The van der Waals surface area contributed by atoms with Gasteiger partial charge >= 0.3 is 17.8 Å². The molecular formula is C20H21BrN2O4. The van der Waals surface area contributed by atoms with Crippen LogP contribution < -0.4 is 10.6 Å². The van der Waals surface area contributed by atoms with Gasteiger partial charge in [0, 0.05) is 10.2 Å². The Bertz CT molecular complexity index is 838. The average molecular weight is 433 g/mol. The quantitative estimate of drug-likeness (QED) is 0.541. The summed E-state index contributed by atoms with van der Waals surface area (Å²) in [5, 5.41) is 5.18. The van der Waals surface area contributed by atoms with Crippen molar-refractivity contribution in [3.8, 4) is 0 Å². The number of halogens is 1. The van der Waals surface area contributed by atoms with Crippen LogP contribution in [0.1, 0.15) is 30.5 Å². The molecule has 0 heterocycles. The normalized spacial score (nSPS) is 11.4. The van der Waals surface area contributed by atoms with Gasteiger partial charge in [-0.1, -0.05) is 47.1 Å². The molecule has 142 valence electrons. The van der Waals surface area contributed by atoms with E-state index in [1.54, 1.807) is 24.3 Å². The first kappa shape index (κ1) is 20.6. The first-order valence-corrected chi connectivity index (χ1v) is 9.25. The lowest BCUT2D eigenvalue weighted by molar-refractivity contribution is -0.142. The molecule has 2 amide bonds. The molecule has 6 nitrogen and oxygen atoms in total. The lowest BCUT2D eigenvalue weighted by Crippen LogP contribution is -2.38. The molecule has 0 spiro atoms. The van der Waals surface area contributed by atoms with E-state index < -0.39 is 23.8 Å². The molecule has 0 saturated heterocycles. The van der Waals surface area contributed by atoms with Crippen molar-refractivity contribution in [3.63, 3.8) is 0 Å². The highest BCUT2D eigenvalue weighted by atomic mass is 79.9. The van der Waals surface area contributed by atoms with Gasteiger partial charge in [0.2, 0.25) is 0 Å². The largest absolute Gasteiger partial charge is 0.469 e. The molecule has 0 bridgehead atoms. The lowest BCUT2D eigenvalue weighted by atomic mass is 10.0. The predicted octanol–water partition coefficient (Wildman–Crippen LogP) is 3.37. The highest BCUT2D eigenvalue weighted by Gasteiger charge is 2.23. The molecule has 7 heteroatoms. The van der Waals surface area contributed by atoms with E-state index in [9.17, 15) is 14.4 Å². The van der Waals surface area contributed by atoms with E-state index in [4.69, 9.17) is 4.74 Å². The van der Waals surface area contributed by atoms with Crippen molar-refractivity contribution in [1.29, 1.82) is 0 Å². The van der Waals surface area contributed by atoms with Crippen LogP contribution in [-0.2, 0) is 25.5 Å². The minimum atomic E-state index is -0.828. The number of benzene rings is 2. The molecule has 0 aliphatic carbocycles. The number of aryl methyl sites for hydroxylation is 1. The molecule has 2 rings (SSSR count). The van der Waals surface area contributed by atoms with Crippen molar-refractivity contribution in [1.82, 2.24) is 5.32 Å². The number of methoxy groups -OCH3 is 1. The number of carbonyl (C=O) groups is 3. The van der Waals surface area contributed by atoms with E-state index in [1.807, 2.05) is 31.2 Å². The molecule has 0 radical (unpaired) electrons. The highest BCUT2D eigenvalue weighted by Crippen LogP contribution is 2.21. The van der Waals surface area contributed by atoms with Gasteiger partial charge in [-0.2, -0.15) is 0 Å².